The zero-order chi connectivity index (χ0) is 14.0. The second-order valence-corrected chi connectivity index (χ2v) is 5.54. The molecule has 0 saturated heterocycles. The number of nitrogens with zero attached hydrogens (tertiary/aromatic N) is 3. The van der Waals surface area contributed by atoms with Crippen molar-refractivity contribution in [1.29, 1.82) is 0 Å². The molecule has 0 bridgehead atoms. The van der Waals surface area contributed by atoms with E-state index in [-0.39, 0.29) is 11.9 Å². The molecule has 0 atom stereocenters. The van der Waals surface area contributed by atoms with Crippen molar-refractivity contribution in [3.8, 4) is 0 Å². The Labute approximate surface area is 120 Å². The maximum Gasteiger partial charge on any atom is 0.226 e. The average molecular weight is 326 g/mol. The van der Waals surface area contributed by atoms with E-state index in [1.54, 1.807) is 0 Å². The van der Waals surface area contributed by atoms with Gasteiger partial charge in [0.1, 0.15) is 6.61 Å². The third-order valence-corrected chi connectivity index (χ3v) is 3.12. The van der Waals surface area contributed by atoms with E-state index in [9.17, 15) is 0 Å². The lowest BCUT2D eigenvalue weighted by Gasteiger charge is -2.36. The van der Waals surface area contributed by atoms with Crippen LogP contribution in [0, 0.1) is 0 Å². The molecule has 4 N–H and O–H groups in total. The molecule has 1 heterocycles. The van der Waals surface area contributed by atoms with Gasteiger partial charge in [0.2, 0.25) is 11.9 Å². The van der Waals surface area contributed by atoms with Gasteiger partial charge in [0.05, 0.1) is 0 Å². The summed E-state index contributed by atoms with van der Waals surface area (Å²) in [5.74, 6) is 0.362. The molecule has 1 aliphatic rings. The highest BCUT2D eigenvalue weighted by molar-refractivity contribution is 9.10. The van der Waals surface area contributed by atoms with Gasteiger partial charge < -0.3 is 11.5 Å². The number of aliphatic imine (C=N–C) groups is 2. The molecular formula is C12H16BrN5O. The third-order valence-electron chi connectivity index (χ3n) is 2.60. The van der Waals surface area contributed by atoms with Gasteiger partial charge in [-0.2, -0.15) is 10.1 Å². The number of rotatable bonds is 3. The van der Waals surface area contributed by atoms with Gasteiger partial charge in [-0.3, -0.25) is 4.84 Å². The van der Waals surface area contributed by atoms with Gasteiger partial charge in [0, 0.05) is 4.47 Å². The highest BCUT2D eigenvalue weighted by Gasteiger charge is 2.33. The number of halogens is 1. The van der Waals surface area contributed by atoms with Crippen molar-refractivity contribution in [2.45, 2.75) is 26.1 Å². The molecule has 6 nitrogen and oxygen atoms in total. The predicted molar refractivity (Wildman–Crippen MR) is 78.1 cm³/mol. The van der Waals surface area contributed by atoms with Crippen molar-refractivity contribution in [2.24, 2.45) is 21.5 Å². The molecule has 0 amide bonds. The predicted octanol–water partition coefficient (Wildman–Crippen LogP) is 1.56. The molecule has 19 heavy (non-hydrogen) atoms. The first kappa shape index (κ1) is 13.8. The molecule has 1 aromatic rings. The van der Waals surface area contributed by atoms with Crippen molar-refractivity contribution < 1.29 is 4.84 Å². The fourth-order valence-corrected chi connectivity index (χ4v) is 2.00. The van der Waals surface area contributed by atoms with E-state index in [1.807, 2.05) is 38.1 Å². The Balaban J connectivity index is 2.07. The summed E-state index contributed by atoms with van der Waals surface area (Å²) in [4.78, 5) is 13.8. The summed E-state index contributed by atoms with van der Waals surface area (Å²) >= 11 is 3.39. The Bertz CT molecular complexity index is 523. The van der Waals surface area contributed by atoms with Crippen LogP contribution in [-0.2, 0) is 11.4 Å². The van der Waals surface area contributed by atoms with Gasteiger partial charge in [-0.1, -0.05) is 28.1 Å². The SMILES string of the molecule is CC1(C)N=C(N)N=C(N)N1OCc1ccc(Br)cc1. The van der Waals surface area contributed by atoms with Crippen molar-refractivity contribution >= 4 is 27.8 Å². The standard InChI is InChI=1S/C12H16BrN5O/c1-12(2)17-10(14)16-11(15)18(12)19-7-8-3-5-9(13)6-4-8/h3-6H,7H2,1-2H3,(H4,14,15,16,17). The van der Waals surface area contributed by atoms with Crippen molar-refractivity contribution in [2.75, 3.05) is 0 Å². The minimum atomic E-state index is -0.675. The van der Waals surface area contributed by atoms with E-state index in [0.717, 1.165) is 10.0 Å². The first-order chi connectivity index (χ1) is 8.88. The molecule has 0 fully saturated rings. The summed E-state index contributed by atoms with van der Waals surface area (Å²) in [6, 6.07) is 7.83. The van der Waals surface area contributed by atoms with E-state index in [4.69, 9.17) is 16.3 Å². The van der Waals surface area contributed by atoms with Gasteiger partial charge in [0.15, 0.2) is 5.66 Å². The van der Waals surface area contributed by atoms with Gasteiger partial charge in [-0.25, -0.2) is 4.99 Å². The lowest BCUT2D eigenvalue weighted by molar-refractivity contribution is -0.166. The largest absolute Gasteiger partial charge is 0.368 e. The Morgan fingerprint density at radius 1 is 1.26 bits per heavy atom. The maximum atomic E-state index is 5.82. The second-order valence-electron chi connectivity index (χ2n) is 4.63. The second kappa shape index (κ2) is 5.18. The van der Waals surface area contributed by atoms with E-state index in [2.05, 4.69) is 25.9 Å². The molecular weight excluding hydrogens is 310 g/mol. The summed E-state index contributed by atoms with van der Waals surface area (Å²) in [6.07, 6.45) is 0. The van der Waals surface area contributed by atoms with E-state index in [0.29, 0.717) is 6.61 Å². The molecule has 0 radical (unpaired) electrons. The summed E-state index contributed by atoms with van der Waals surface area (Å²) in [7, 11) is 0. The van der Waals surface area contributed by atoms with Crippen LogP contribution >= 0.6 is 15.9 Å². The third kappa shape index (κ3) is 3.24. The maximum absolute atomic E-state index is 5.82. The minimum Gasteiger partial charge on any atom is -0.368 e. The molecule has 102 valence electrons. The summed E-state index contributed by atoms with van der Waals surface area (Å²) in [6.45, 7) is 4.08. The normalized spacial score (nSPS) is 17.9. The highest BCUT2D eigenvalue weighted by atomic mass is 79.9. The van der Waals surface area contributed by atoms with Crippen LogP contribution in [0.1, 0.15) is 19.4 Å². The first-order valence-electron chi connectivity index (χ1n) is 5.75. The van der Waals surface area contributed by atoms with Gasteiger partial charge in [-0.05, 0) is 31.5 Å². The van der Waals surface area contributed by atoms with Crippen LogP contribution < -0.4 is 11.5 Å². The zero-order valence-electron chi connectivity index (χ0n) is 10.8. The molecule has 1 aliphatic heterocycles. The zero-order valence-corrected chi connectivity index (χ0v) is 12.4. The Kier molecular flexibility index (Phi) is 3.77. The van der Waals surface area contributed by atoms with Crippen LogP contribution in [0.15, 0.2) is 38.7 Å². The molecule has 0 unspecified atom stereocenters. The first-order valence-corrected chi connectivity index (χ1v) is 6.55. The number of hydrogen-bond donors (Lipinski definition) is 2. The van der Waals surface area contributed by atoms with E-state index < -0.39 is 5.66 Å². The molecule has 2 rings (SSSR count). The van der Waals surface area contributed by atoms with Crippen LogP contribution in [-0.4, -0.2) is 22.6 Å². The summed E-state index contributed by atoms with van der Waals surface area (Å²) < 4.78 is 1.02. The lowest BCUT2D eigenvalue weighted by Crippen LogP contribution is -2.53. The number of benzene rings is 1. The molecule has 1 aromatic carbocycles. The van der Waals surface area contributed by atoms with Crippen molar-refractivity contribution in [1.82, 2.24) is 5.06 Å². The van der Waals surface area contributed by atoms with Crippen molar-refractivity contribution in [3.63, 3.8) is 0 Å². The van der Waals surface area contributed by atoms with Crippen LogP contribution in [0.25, 0.3) is 0 Å². The fourth-order valence-electron chi connectivity index (χ4n) is 1.74. The number of hydrogen-bond acceptors (Lipinski definition) is 6. The minimum absolute atomic E-state index is 0.158. The van der Waals surface area contributed by atoms with Gasteiger partial charge in [0.25, 0.3) is 0 Å². The van der Waals surface area contributed by atoms with Gasteiger partial charge >= 0.3 is 0 Å². The average Bonchev–Trinajstić information content (AvgIpc) is 2.29. The molecule has 0 aromatic heterocycles. The number of hydroxylamine groups is 2. The van der Waals surface area contributed by atoms with Crippen LogP contribution in [0.5, 0.6) is 0 Å². The van der Waals surface area contributed by atoms with Crippen LogP contribution in [0.4, 0.5) is 0 Å². The Morgan fingerprint density at radius 3 is 2.47 bits per heavy atom. The summed E-state index contributed by atoms with van der Waals surface area (Å²) in [5, 5.41) is 1.46. The molecule has 7 heteroatoms. The molecule has 0 aliphatic carbocycles. The van der Waals surface area contributed by atoms with Crippen LogP contribution in [0.3, 0.4) is 0 Å². The highest BCUT2D eigenvalue weighted by Crippen LogP contribution is 2.21. The Morgan fingerprint density at radius 2 is 1.89 bits per heavy atom. The Hall–Kier alpha value is -1.60. The number of nitrogens with two attached hydrogens (primary N) is 2. The van der Waals surface area contributed by atoms with Crippen molar-refractivity contribution in [3.05, 3.63) is 34.3 Å². The quantitative estimate of drug-likeness (QED) is 0.882. The molecule has 0 spiro atoms. The van der Waals surface area contributed by atoms with Gasteiger partial charge in [-0.15, -0.1) is 0 Å². The monoisotopic (exact) mass is 325 g/mol. The van der Waals surface area contributed by atoms with E-state index in [1.165, 1.54) is 5.06 Å². The smallest absolute Gasteiger partial charge is 0.226 e. The number of guanidine groups is 2. The topological polar surface area (TPSA) is 89.2 Å². The van der Waals surface area contributed by atoms with E-state index >= 15 is 0 Å². The molecule has 0 saturated carbocycles. The van der Waals surface area contributed by atoms with Crippen LogP contribution in [0.2, 0.25) is 0 Å². The summed E-state index contributed by atoms with van der Waals surface area (Å²) in [5.41, 5.74) is 11.7. The fraction of sp³-hybridized carbons (Fsp3) is 0.333. The lowest BCUT2D eigenvalue weighted by atomic mass is 10.2.